The summed E-state index contributed by atoms with van der Waals surface area (Å²) in [4.78, 5) is 0. The maximum Gasteiger partial charge on any atom is 2.00 e. The van der Waals surface area contributed by atoms with Gasteiger partial charge >= 0.3 is 37.7 Å². The predicted molar refractivity (Wildman–Crippen MR) is 34.1 cm³/mol. The van der Waals surface area contributed by atoms with Crippen LogP contribution in [0.5, 0.6) is 0 Å². The van der Waals surface area contributed by atoms with Crippen LogP contribution in [0, 0.1) is 0 Å². The van der Waals surface area contributed by atoms with Crippen LogP contribution in [0.4, 0.5) is 0 Å². The average molecular weight is 164 g/mol. The van der Waals surface area contributed by atoms with Crippen LogP contribution < -0.4 is 0 Å². The van der Waals surface area contributed by atoms with Crippen molar-refractivity contribution in [1.82, 2.24) is 0 Å². The van der Waals surface area contributed by atoms with Crippen LogP contribution in [0.1, 0.15) is 2.85 Å². The Labute approximate surface area is 86.4 Å². The van der Waals surface area contributed by atoms with E-state index in [2.05, 4.69) is 4.74 Å². The van der Waals surface area contributed by atoms with Crippen molar-refractivity contribution in [2.24, 2.45) is 0 Å². The third-order valence-corrected chi connectivity index (χ3v) is 0.612. The molecule has 0 spiro atoms. The standard InChI is InChI=1S/C4H10O4.Ca.2H/c5-1-4(7)2-8-3-6;;;/h4-7H,1-3H2;;;/q;+2;2*-1. The maximum atomic E-state index is 8.50. The van der Waals surface area contributed by atoms with Gasteiger partial charge in [0.25, 0.3) is 0 Å². The summed E-state index contributed by atoms with van der Waals surface area (Å²) in [6.07, 6.45) is -0.873. The molecule has 54 valence electrons. The summed E-state index contributed by atoms with van der Waals surface area (Å²) in [6.45, 7) is -0.774. The van der Waals surface area contributed by atoms with Crippen molar-refractivity contribution in [3.05, 3.63) is 0 Å². The number of hydrogen-bond acceptors (Lipinski definition) is 4. The van der Waals surface area contributed by atoms with E-state index >= 15 is 0 Å². The zero-order valence-electron chi connectivity index (χ0n) is 7.16. The Morgan fingerprint density at radius 2 is 2.00 bits per heavy atom. The second-order valence-electron chi connectivity index (χ2n) is 1.34. The summed E-state index contributed by atoms with van der Waals surface area (Å²) in [5.74, 6) is 0. The van der Waals surface area contributed by atoms with E-state index in [1.807, 2.05) is 0 Å². The molecular formula is C4H12CaO4. The third-order valence-electron chi connectivity index (χ3n) is 0.612. The maximum absolute atomic E-state index is 8.50. The molecule has 0 saturated heterocycles. The van der Waals surface area contributed by atoms with Crippen molar-refractivity contribution >= 4 is 37.7 Å². The molecule has 0 aromatic heterocycles. The molecule has 9 heavy (non-hydrogen) atoms. The molecule has 0 aliphatic heterocycles. The van der Waals surface area contributed by atoms with Crippen molar-refractivity contribution in [3.63, 3.8) is 0 Å². The van der Waals surface area contributed by atoms with E-state index in [0.717, 1.165) is 0 Å². The monoisotopic (exact) mass is 164 g/mol. The molecular weight excluding hydrogens is 152 g/mol. The van der Waals surface area contributed by atoms with E-state index < -0.39 is 12.9 Å². The number of rotatable bonds is 4. The number of hydrogen-bond donors (Lipinski definition) is 3. The Hall–Kier alpha value is 1.10. The van der Waals surface area contributed by atoms with Crippen molar-refractivity contribution < 1.29 is 22.9 Å². The van der Waals surface area contributed by atoms with Crippen LogP contribution in [0.25, 0.3) is 0 Å². The largest absolute Gasteiger partial charge is 2.00 e. The van der Waals surface area contributed by atoms with Gasteiger partial charge in [0.1, 0.15) is 12.9 Å². The van der Waals surface area contributed by atoms with Crippen molar-refractivity contribution in [1.29, 1.82) is 0 Å². The molecule has 0 saturated carbocycles. The van der Waals surface area contributed by atoms with Crippen molar-refractivity contribution in [2.75, 3.05) is 20.0 Å². The SMILES string of the molecule is OCOCC(O)CO.[Ca+2].[H-].[H-]. The molecule has 0 rings (SSSR count). The van der Waals surface area contributed by atoms with Gasteiger partial charge in [0.05, 0.1) is 13.2 Å². The molecule has 0 heterocycles. The second-order valence-corrected chi connectivity index (χ2v) is 1.34. The molecule has 0 radical (unpaired) electrons. The topological polar surface area (TPSA) is 69.9 Å². The molecule has 0 bridgehead atoms. The first kappa shape index (κ1) is 12.7. The first-order chi connectivity index (χ1) is 3.81. The van der Waals surface area contributed by atoms with Crippen LogP contribution in [0.2, 0.25) is 0 Å². The van der Waals surface area contributed by atoms with Crippen LogP contribution in [-0.4, -0.2) is 79.2 Å². The Bertz CT molecular complexity index is 59.4. The molecule has 5 heteroatoms. The molecule has 1 unspecified atom stereocenters. The summed E-state index contributed by atoms with van der Waals surface area (Å²) in [7, 11) is 0. The minimum absolute atomic E-state index is 0. The van der Waals surface area contributed by atoms with Gasteiger partial charge in [-0.3, -0.25) is 0 Å². The molecule has 0 aromatic rings. The summed E-state index contributed by atoms with van der Waals surface area (Å²) in [6, 6.07) is 0. The second kappa shape index (κ2) is 9.10. The van der Waals surface area contributed by atoms with Crippen LogP contribution in [0.15, 0.2) is 0 Å². The minimum Gasteiger partial charge on any atom is -1.00 e. The molecule has 0 aliphatic rings. The van der Waals surface area contributed by atoms with Gasteiger partial charge in [0, 0.05) is 0 Å². The smallest absolute Gasteiger partial charge is 1.00 e. The van der Waals surface area contributed by atoms with Gasteiger partial charge in [-0.2, -0.15) is 0 Å². The van der Waals surface area contributed by atoms with Gasteiger partial charge in [0.15, 0.2) is 0 Å². The number of aliphatic hydroxyl groups is 3. The van der Waals surface area contributed by atoms with E-state index in [0.29, 0.717) is 0 Å². The summed E-state index contributed by atoms with van der Waals surface area (Å²) < 4.78 is 4.33. The van der Waals surface area contributed by atoms with Gasteiger partial charge in [0.2, 0.25) is 0 Å². The van der Waals surface area contributed by atoms with Gasteiger partial charge in [-0.1, -0.05) is 0 Å². The van der Waals surface area contributed by atoms with E-state index in [1.165, 1.54) is 0 Å². The Balaban J connectivity index is -0.0000000817. The van der Waals surface area contributed by atoms with Gasteiger partial charge in [-0.05, 0) is 0 Å². The minimum atomic E-state index is -0.873. The quantitative estimate of drug-likeness (QED) is 0.337. The molecule has 3 N–H and O–H groups in total. The van der Waals surface area contributed by atoms with E-state index in [-0.39, 0.29) is 53.8 Å². The molecule has 0 aliphatic carbocycles. The summed E-state index contributed by atoms with van der Waals surface area (Å²) in [5.41, 5.74) is 0. The van der Waals surface area contributed by atoms with Crippen LogP contribution in [0.3, 0.4) is 0 Å². The third kappa shape index (κ3) is 9.10. The zero-order chi connectivity index (χ0) is 6.41. The average Bonchev–Trinajstić information content (AvgIpc) is 1.83. The van der Waals surface area contributed by atoms with Gasteiger partial charge in [-0.25, -0.2) is 0 Å². The normalized spacial score (nSPS) is 12.3. The van der Waals surface area contributed by atoms with Gasteiger partial charge < -0.3 is 22.9 Å². The van der Waals surface area contributed by atoms with E-state index in [1.54, 1.807) is 0 Å². The van der Waals surface area contributed by atoms with Crippen LogP contribution >= 0.6 is 0 Å². The van der Waals surface area contributed by atoms with Crippen LogP contribution in [-0.2, 0) is 4.74 Å². The fourth-order valence-electron chi connectivity index (χ4n) is 0.241. The fraction of sp³-hybridized carbons (Fsp3) is 1.00. The molecule has 0 amide bonds. The fourth-order valence-corrected chi connectivity index (χ4v) is 0.241. The molecule has 0 fully saturated rings. The number of ether oxygens (including phenoxy) is 1. The van der Waals surface area contributed by atoms with E-state index in [4.69, 9.17) is 15.3 Å². The van der Waals surface area contributed by atoms with Crippen molar-refractivity contribution in [2.45, 2.75) is 6.10 Å². The first-order valence-corrected chi connectivity index (χ1v) is 2.28. The Morgan fingerprint density at radius 3 is 2.33 bits per heavy atom. The van der Waals surface area contributed by atoms with E-state index in [9.17, 15) is 0 Å². The predicted octanol–water partition coefficient (Wildman–Crippen LogP) is -1.85. The Morgan fingerprint density at radius 1 is 1.44 bits per heavy atom. The zero-order valence-corrected chi connectivity index (χ0v) is 7.36. The van der Waals surface area contributed by atoms with Crippen molar-refractivity contribution in [3.8, 4) is 0 Å². The molecule has 4 nitrogen and oxygen atoms in total. The Kier molecular flexibility index (Phi) is 12.9. The number of aliphatic hydroxyl groups excluding tert-OH is 3. The first-order valence-electron chi connectivity index (χ1n) is 2.28. The summed E-state index contributed by atoms with van der Waals surface area (Å²) in [5, 5.41) is 24.6. The molecule has 1 atom stereocenters. The summed E-state index contributed by atoms with van der Waals surface area (Å²) >= 11 is 0. The van der Waals surface area contributed by atoms with Gasteiger partial charge in [-0.15, -0.1) is 0 Å². The molecule has 0 aromatic carbocycles.